The first-order chi connectivity index (χ1) is 11.0. The summed E-state index contributed by atoms with van der Waals surface area (Å²) in [5.74, 6) is -0.658. The van der Waals surface area contributed by atoms with E-state index in [-0.39, 0.29) is 11.8 Å². The summed E-state index contributed by atoms with van der Waals surface area (Å²) < 4.78 is 0. The summed E-state index contributed by atoms with van der Waals surface area (Å²) >= 11 is 5.98. The number of rotatable bonds is 5. The summed E-state index contributed by atoms with van der Waals surface area (Å²) in [6.07, 6.45) is 0.943. The van der Waals surface area contributed by atoms with Crippen LogP contribution in [0.15, 0.2) is 48.5 Å². The molecule has 0 radical (unpaired) electrons. The van der Waals surface area contributed by atoms with Crippen LogP contribution in [0.3, 0.4) is 0 Å². The molecule has 0 aromatic heterocycles. The minimum atomic E-state index is -0.676. The molecule has 2 N–H and O–H groups in total. The van der Waals surface area contributed by atoms with Crippen molar-refractivity contribution in [3.8, 4) is 0 Å². The lowest BCUT2D eigenvalue weighted by molar-refractivity contribution is -0.117. The first-order valence-electron chi connectivity index (χ1n) is 7.46. The normalized spacial score (nSPS) is 11.6. The van der Waals surface area contributed by atoms with E-state index in [1.54, 1.807) is 31.2 Å². The maximum Gasteiger partial charge on any atom is 0.253 e. The van der Waals surface area contributed by atoms with Gasteiger partial charge in [0, 0.05) is 5.69 Å². The second-order valence-electron chi connectivity index (χ2n) is 5.21. The zero-order chi connectivity index (χ0) is 16.8. The Hall–Kier alpha value is -2.33. The molecule has 2 aromatic rings. The third-order valence-corrected chi connectivity index (χ3v) is 3.82. The lowest BCUT2D eigenvalue weighted by atomic mass is 10.1. The van der Waals surface area contributed by atoms with Crippen molar-refractivity contribution >= 4 is 29.1 Å². The molecule has 2 amide bonds. The van der Waals surface area contributed by atoms with E-state index in [9.17, 15) is 9.59 Å². The third-order valence-electron chi connectivity index (χ3n) is 3.49. The quantitative estimate of drug-likeness (QED) is 0.879. The lowest BCUT2D eigenvalue weighted by Gasteiger charge is -2.15. The van der Waals surface area contributed by atoms with Crippen molar-refractivity contribution in [3.05, 3.63) is 64.7 Å². The third kappa shape index (κ3) is 4.57. The second kappa shape index (κ2) is 7.79. The van der Waals surface area contributed by atoms with Gasteiger partial charge in [0.05, 0.1) is 10.6 Å². The van der Waals surface area contributed by atoms with Gasteiger partial charge in [-0.05, 0) is 43.2 Å². The smallest absolute Gasteiger partial charge is 0.253 e. The van der Waals surface area contributed by atoms with Crippen molar-refractivity contribution in [2.45, 2.75) is 26.3 Å². The number of halogens is 1. The molecule has 0 saturated carbocycles. The Morgan fingerprint density at radius 3 is 2.35 bits per heavy atom. The predicted octanol–water partition coefficient (Wildman–Crippen LogP) is 3.66. The summed E-state index contributed by atoms with van der Waals surface area (Å²) in [5, 5.41) is 5.78. The number of carbonyl (C=O) groups is 2. The van der Waals surface area contributed by atoms with Gasteiger partial charge in [0.1, 0.15) is 6.04 Å². The van der Waals surface area contributed by atoms with Gasteiger partial charge < -0.3 is 10.6 Å². The molecule has 5 heteroatoms. The number of benzene rings is 2. The zero-order valence-corrected chi connectivity index (χ0v) is 13.9. The maximum atomic E-state index is 12.2. The molecule has 2 aromatic carbocycles. The van der Waals surface area contributed by atoms with Gasteiger partial charge in [-0.15, -0.1) is 0 Å². The topological polar surface area (TPSA) is 58.2 Å². The molecule has 0 aliphatic rings. The highest BCUT2D eigenvalue weighted by Gasteiger charge is 2.18. The van der Waals surface area contributed by atoms with Crippen LogP contribution in [0, 0.1) is 0 Å². The van der Waals surface area contributed by atoms with Crippen molar-refractivity contribution in [1.29, 1.82) is 0 Å². The monoisotopic (exact) mass is 330 g/mol. The van der Waals surface area contributed by atoms with Crippen LogP contribution in [-0.2, 0) is 11.2 Å². The first kappa shape index (κ1) is 17.0. The Morgan fingerprint density at radius 2 is 1.74 bits per heavy atom. The van der Waals surface area contributed by atoms with E-state index in [0.717, 1.165) is 6.42 Å². The summed E-state index contributed by atoms with van der Waals surface area (Å²) in [6, 6.07) is 13.7. The molecule has 2 rings (SSSR count). The highest BCUT2D eigenvalue weighted by Crippen LogP contribution is 2.15. The van der Waals surface area contributed by atoms with Gasteiger partial charge in [-0.3, -0.25) is 9.59 Å². The SMILES string of the molecule is CCc1ccc(NC(=O)[C@H](C)NC(=O)c2ccccc2Cl)cc1. The Balaban J connectivity index is 1.96. The molecule has 0 unspecified atom stereocenters. The van der Waals surface area contributed by atoms with Crippen molar-refractivity contribution in [2.24, 2.45) is 0 Å². The number of nitrogens with one attached hydrogen (secondary N) is 2. The fourth-order valence-corrected chi connectivity index (χ4v) is 2.28. The van der Waals surface area contributed by atoms with E-state index in [1.807, 2.05) is 24.3 Å². The van der Waals surface area contributed by atoms with Crippen LogP contribution in [0.2, 0.25) is 5.02 Å². The van der Waals surface area contributed by atoms with Gasteiger partial charge in [-0.25, -0.2) is 0 Å². The standard InChI is InChI=1S/C18H19ClN2O2/c1-3-13-8-10-14(11-9-13)21-17(22)12(2)20-18(23)15-6-4-5-7-16(15)19/h4-12H,3H2,1-2H3,(H,20,23)(H,21,22)/t12-/m0/s1. The van der Waals surface area contributed by atoms with Gasteiger partial charge in [-0.2, -0.15) is 0 Å². The summed E-state index contributed by atoms with van der Waals surface area (Å²) in [7, 11) is 0. The molecule has 1 atom stereocenters. The fourth-order valence-electron chi connectivity index (χ4n) is 2.06. The van der Waals surface area contributed by atoms with Crippen molar-refractivity contribution in [3.63, 3.8) is 0 Å². The molecular formula is C18H19ClN2O2. The number of hydrogen-bond donors (Lipinski definition) is 2. The highest BCUT2D eigenvalue weighted by molar-refractivity contribution is 6.33. The molecule has 4 nitrogen and oxygen atoms in total. The fraction of sp³-hybridized carbons (Fsp3) is 0.222. The molecule has 0 saturated heterocycles. The van der Waals surface area contributed by atoms with Gasteiger partial charge in [-0.1, -0.05) is 42.8 Å². The average Bonchev–Trinajstić information content (AvgIpc) is 2.55. The molecule has 0 aliphatic heterocycles. The Labute approximate surface area is 140 Å². The van der Waals surface area contributed by atoms with E-state index in [2.05, 4.69) is 17.6 Å². The molecule has 0 spiro atoms. The van der Waals surface area contributed by atoms with E-state index < -0.39 is 6.04 Å². The number of hydrogen-bond acceptors (Lipinski definition) is 2. The molecular weight excluding hydrogens is 312 g/mol. The number of anilines is 1. The van der Waals surface area contributed by atoms with Crippen LogP contribution in [0.5, 0.6) is 0 Å². The zero-order valence-electron chi connectivity index (χ0n) is 13.1. The average molecular weight is 331 g/mol. The van der Waals surface area contributed by atoms with E-state index >= 15 is 0 Å². The highest BCUT2D eigenvalue weighted by atomic mass is 35.5. The van der Waals surface area contributed by atoms with Gasteiger partial charge in [0.15, 0.2) is 0 Å². The Morgan fingerprint density at radius 1 is 1.09 bits per heavy atom. The van der Waals surface area contributed by atoms with E-state index in [1.165, 1.54) is 5.56 Å². The largest absolute Gasteiger partial charge is 0.340 e. The Bertz CT molecular complexity index is 698. The van der Waals surface area contributed by atoms with Crippen LogP contribution < -0.4 is 10.6 Å². The summed E-state index contributed by atoms with van der Waals surface area (Å²) in [5.41, 5.74) is 2.25. The van der Waals surface area contributed by atoms with Crippen molar-refractivity contribution in [2.75, 3.05) is 5.32 Å². The van der Waals surface area contributed by atoms with Crippen LogP contribution in [0.4, 0.5) is 5.69 Å². The molecule has 120 valence electrons. The van der Waals surface area contributed by atoms with E-state index in [0.29, 0.717) is 16.3 Å². The summed E-state index contributed by atoms with van der Waals surface area (Å²) in [4.78, 5) is 24.3. The van der Waals surface area contributed by atoms with Gasteiger partial charge in [0.25, 0.3) is 5.91 Å². The molecule has 0 bridgehead atoms. The molecule has 23 heavy (non-hydrogen) atoms. The van der Waals surface area contributed by atoms with Gasteiger partial charge in [0.2, 0.25) is 5.91 Å². The van der Waals surface area contributed by atoms with Crippen LogP contribution in [-0.4, -0.2) is 17.9 Å². The lowest BCUT2D eigenvalue weighted by Crippen LogP contribution is -2.41. The number of amides is 2. The molecule has 0 aliphatic carbocycles. The molecule has 0 heterocycles. The summed E-state index contributed by atoms with van der Waals surface area (Å²) in [6.45, 7) is 3.70. The number of carbonyl (C=O) groups excluding carboxylic acids is 2. The Kier molecular flexibility index (Phi) is 5.77. The second-order valence-corrected chi connectivity index (χ2v) is 5.62. The van der Waals surface area contributed by atoms with Crippen LogP contribution in [0.1, 0.15) is 29.8 Å². The van der Waals surface area contributed by atoms with Crippen LogP contribution in [0.25, 0.3) is 0 Å². The minimum Gasteiger partial charge on any atom is -0.340 e. The minimum absolute atomic E-state index is 0.283. The first-order valence-corrected chi connectivity index (χ1v) is 7.84. The van der Waals surface area contributed by atoms with Crippen molar-refractivity contribution < 1.29 is 9.59 Å². The van der Waals surface area contributed by atoms with Crippen LogP contribution >= 0.6 is 11.6 Å². The number of aryl methyl sites for hydroxylation is 1. The van der Waals surface area contributed by atoms with Crippen molar-refractivity contribution in [1.82, 2.24) is 5.32 Å². The predicted molar refractivity (Wildman–Crippen MR) is 92.8 cm³/mol. The molecule has 0 fully saturated rings. The van der Waals surface area contributed by atoms with Gasteiger partial charge >= 0.3 is 0 Å². The maximum absolute atomic E-state index is 12.2. The van der Waals surface area contributed by atoms with E-state index in [4.69, 9.17) is 11.6 Å².